The Labute approximate surface area is 134 Å². The first-order valence-electron chi connectivity index (χ1n) is 6.22. The highest BCUT2D eigenvalue weighted by atomic mass is 127. The number of nitrogens with one attached hydrogen (secondary N) is 1. The summed E-state index contributed by atoms with van der Waals surface area (Å²) in [4.78, 5) is 0. The van der Waals surface area contributed by atoms with Crippen molar-refractivity contribution in [3.05, 3.63) is 57.7 Å². The van der Waals surface area contributed by atoms with Crippen molar-refractivity contribution in [1.29, 1.82) is 0 Å². The van der Waals surface area contributed by atoms with E-state index >= 15 is 0 Å². The summed E-state index contributed by atoms with van der Waals surface area (Å²) in [5.41, 5.74) is 1.87. The molecule has 0 aliphatic rings. The number of para-hydroxylation sites is 1. The molecule has 0 aliphatic heterocycles. The molecular weight excluding hydrogens is 394 g/mol. The molecule has 0 saturated heterocycles. The molecule has 0 spiro atoms. The van der Waals surface area contributed by atoms with Gasteiger partial charge in [0, 0.05) is 15.3 Å². The Morgan fingerprint density at radius 3 is 2.24 bits per heavy atom. The van der Waals surface area contributed by atoms with Gasteiger partial charge in [-0.3, -0.25) is 0 Å². The smallest absolute Gasteiger partial charge is 0.406 e. The van der Waals surface area contributed by atoms with Crippen molar-refractivity contribution in [3.8, 4) is 5.75 Å². The van der Waals surface area contributed by atoms with Crippen LogP contribution >= 0.6 is 22.6 Å². The average Bonchev–Trinajstić information content (AvgIpc) is 2.40. The fourth-order valence-corrected chi connectivity index (χ4v) is 2.40. The number of rotatable bonds is 4. The fourth-order valence-electron chi connectivity index (χ4n) is 1.85. The van der Waals surface area contributed by atoms with E-state index in [1.165, 1.54) is 12.1 Å². The van der Waals surface area contributed by atoms with E-state index in [-0.39, 0.29) is 11.8 Å². The Balaban J connectivity index is 2.06. The minimum absolute atomic E-state index is 0.0270. The summed E-state index contributed by atoms with van der Waals surface area (Å²) in [6, 6.07) is 13.7. The minimum Gasteiger partial charge on any atom is -0.406 e. The molecular formula is C15H13F3INO. The van der Waals surface area contributed by atoms with Crippen molar-refractivity contribution >= 4 is 28.3 Å². The van der Waals surface area contributed by atoms with Crippen LogP contribution in [-0.4, -0.2) is 6.36 Å². The SMILES string of the molecule is CC(Nc1ccccc1I)c1ccc(OC(F)(F)F)cc1. The summed E-state index contributed by atoms with van der Waals surface area (Å²) in [5.74, 6) is -0.215. The van der Waals surface area contributed by atoms with Gasteiger partial charge in [0.1, 0.15) is 5.75 Å². The highest BCUT2D eigenvalue weighted by Gasteiger charge is 2.31. The number of hydrogen-bond acceptors (Lipinski definition) is 2. The molecule has 2 aromatic carbocycles. The van der Waals surface area contributed by atoms with E-state index in [9.17, 15) is 13.2 Å². The maximum Gasteiger partial charge on any atom is 0.573 e. The van der Waals surface area contributed by atoms with Gasteiger partial charge < -0.3 is 10.1 Å². The number of benzene rings is 2. The van der Waals surface area contributed by atoms with Gasteiger partial charge in [-0.1, -0.05) is 24.3 Å². The van der Waals surface area contributed by atoms with Crippen LogP contribution in [0.1, 0.15) is 18.5 Å². The van der Waals surface area contributed by atoms with Crippen molar-refractivity contribution in [1.82, 2.24) is 0 Å². The van der Waals surface area contributed by atoms with Crippen LogP contribution in [0, 0.1) is 3.57 Å². The molecule has 2 aromatic rings. The van der Waals surface area contributed by atoms with Crippen LogP contribution in [-0.2, 0) is 0 Å². The van der Waals surface area contributed by atoms with E-state index in [2.05, 4.69) is 32.6 Å². The summed E-state index contributed by atoms with van der Waals surface area (Å²) >= 11 is 2.23. The third-order valence-corrected chi connectivity index (χ3v) is 3.80. The number of ether oxygens (including phenoxy) is 1. The van der Waals surface area contributed by atoms with Crippen LogP contribution < -0.4 is 10.1 Å². The zero-order chi connectivity index (χ0) is 15.5. The van der Waals surface area contributed by atoms with Crippen LogP contribution in [0.3, 0.4) is 0 Å². The maximum absolute atomic E-state index is 12.1. The summed E-state index contributed by atoms with van der Waals surface area (Å²) < 4.78 is 41.2. The van der Waals surface area contributed by atoms with Crippen LogP contribution in [0.5, 0.6) is 5.75 Å². The molecule has 0 saturated carbocycles. The molecule has 2 rings (SSSR count). The predicted molar refractivity (Wildman–Crippen MR) is 84.3 cm³/mol. The molecule has 0 aromatic heterocycles. The van der Waals surface area contributed by atoms with Gasteiger partial charge in [-0.25, -0.2) is 0 Å². The highest BCUT2D eigenvalue weighted by Crippen LogP contribution is 2.27. The lowest BCUT2D eigenvalue weighted by Crippen LogP contribution is -2.17. The second-order valence-corrected chi connectivity index (χ2v) is 5.62. The molecule has 0 bridgehead atoms. The van der Waals surface area contributed by atoms with Crippen molar-refractivity contribution < 1.29 is 17.9 Å². The molecule has 112 valence electrons. The van der Waals surface area contributed by atoms with Gasteiger partial charge >= 0.3 is 6.36 Å². The first-order valence-corrected chi connectivity index (χ1v) is 7.30. The molecule has 6 heteroatoms. The Kier molecular flexibility index (Phi) is 4.97. The van der Waals surface area contributed by atoms with Crippen LogP contribution in [0.25, 0.3) is 0 Å². The van der Waals surface area contributed by atoms with E-state index in [0.717, 1.165) is 14.8 Å². The average molecular weight is 407 g/mol. The first kappa shape index (κ1) is 15.9. The minimum atomic E-state index is -4.66. The number of hydrogen-bond donors (Lipinski definition) is 1. The maximum atomic E-state index is 12.1. The molecule has 0 heterocycles. The highest BCUT2D eigenvalue weighted by molar-refractivity contribution is 14.1. The van der Waals surface area contributed by atoms with Crippen molar-refractivity contribution in [3.63, 3.8) is 0 Å². The standard InChI is InChI=1S/C15H13F3INO/c1-10(20-14-5-3-2-4-13(14)19)11-6-8-12(9-7-11)21-15(16,17)18/h2-10,20H,1H3. The molecule has 2 nitrogen and oxygen atoms in total. The van der Waals surface area contributed by atoms with Gasteiger partial charge in [0.15, 0.2) is 0 Å². The summed E-state index contributed by atoms with van der Waals surface area (Å²) in [5, 5.41) is 3.32. The third kappa shape index (κ3) is 4.80. The predicted octanol–water partition coefficient (Wildman–Crippen LogP) is 5.36. The molecule has 1 N–H and O–H groups in total. The molecule has 1 atom stereocenters. The van der Waals surface area contributed by atoms with E-state index in [1.807, 2.05) is 31.2 Å². The van der Waals surface area contributed by atoms with Gasteiger partial charge in [-0.15, -0.1) is 13.2 Å². The monoisotopic (exact) mass is 407 g/mol. The summed E-state index contributed by atoms with van der Waals surface area (Å²) in [6.45, 7) is 1.95. The van der Waals surface area contributed by atoms with Gasteiger partial charge in [-0.05, 0) is 59.3 Å². The summed E-state index contributed by atoms with van der Waals surface area (Å²) in [6.07, 6.45) is -4.66. The Hall–Kier alpha value is -1.44. The zero-order valence-electron chi connectivity index (χ0n) is 11.1. The second kappa shape index (κ2) is 6.55. The number of anilines is 1. The van der Waals surface area contributed by atoms with E-state index < -0.39 is 6.36 Å². The Bertz CT molecular complexity index is 599. The van der Waals surface area contributed by atoms with E-state index in [0.29, 0.717) is 0 Å². The van der Waals surface area contributed by atoms with Gasteiger partial charge in [0.05, 0.1) is 0 Å². The molecule has 0 fully saturated rings. The lowest BCUT2D eigenvalue weighted by Gasteiger charge is -2.17. The van der Waals surface area contributed by atoms with Crippen LogP contribution in [0.15, 0.2) is 48.5 Å². The van der Waals surface area contributed by atoms with Crippen molar-refractivity contribution in [2.45, 2.75) is 19.3 Å². The van der Waals surface area contributed by atoms with Gasteiger partial charge in [-0.2, -0.15) is 0 Å². The van der Waals surface area contributed by atoms with Crippen LogP contribution in [0.4, 0.5) is 18.9 Å². The lowest BCUT2D eigenvalue weighted by molar-refractivity contribution is -0.274. The van der Waals surface area contributed by atoms with Crippen molar-refractivity contribution in [2.75, 3.05) is 5.32 Å². The fraction of sp³-hybridized carbons (Fsp3) is 0.200. The van der Waals surface area contributed by atoms with Gasteiger partial charge in [0.25, 0.3) is 0 Å². The van der Waals surface area contributed by atoms with E-state index in [1.54, 1.807) is 12.1 Å². The third-order valence-electron chi connectivity index (χ3n) is 2.86. The van der Waals surface area contributed by atoms with Crippen molar-refractivity contribution in [2.24, 2.45) is 0 Å². The summed E-state index contributed by atoms with van der Waals surface area (Å²) in [7, 11) is 0. The van der Waals surface area contributed by atoms with Gasteiger partial charge in [0.2, 0.25) is 0 Å². The quantitative estimate of drug-likeness (QED) is 0.689. The zero-order valence-corrected chi connectivity index (χ0v) is 13.3. The first-order chi connectivity index (χ1) is 9.85. The molecule has 1 unspecified atom stereocenters. The normalized spacial score (nSPS) is 12.8. The Morgan fingerprint density at radius 1 is 1.05 bits per heavy atom. The molecule has 0 aliphatic carbocycles. The lowest BCUT2D eigenvalue weighted by atomic mass is 10.1. The van der Waals surface area contributed by atoms with Crippen LogP contribution in [0.2, 0.25) is 0 Å². The van der Waals surface area contributed by atoms with E-state index in [4.69, 9.17) is 0 Å². The largest absolute Gasteiger partial charge is 0.573 e. The molecule has 0 radical (unpaired) electrons. The Morgan fingerprint density at radius 2 is 1.67 bits per heavy atom. The number of alkyl halides is 3. The second-order valence-electron chi connectivity index (χ2n) is 4.46. The number of halogens is 4. The molecule has 0 amide bonds. The molecule has 21 heavy (non-hydrogen) atoms. The topological polar surface area (TPSA) is 21.3 Å².